The first-order chi connectivity index (χ1) is 10.5. The SMILES string of the molecule is Cc1nc(C(C)C)ncc1-c1nnc(-c2ccc(F)cc2)o1. The molecule has 22 heavy (non-hydrogen) atoms. The molecular weight excluding hydrogens is 283 g/mol. The summed E-state index contributed by atoms with van der Waals surface area (Å²) in [5.41, 5.74) is 2.15. The molecule has 0 saturated heterocycles. The van der Waals surface area contributed by atoms with E-state index in [0.717, 1.165) is 11.5 Å². The van der Waals surface area contributed by atoms with Gasteiger partial charge in [-0.25, -0.2) is 14.4 Å². The molecule has 0 fully saturated rings. The van der Waals surface area contributed by atoms with Crippen molar-refractivity contribution >= 4 is 0 Å². The molecule has 0 aliphatic heterocycles. The van der Waals surface area contributed by atoms with E-state index in [2.05, 4.69) is 20.2 Å². The van der Waals surface area contributed by atoms with Crippen LogP contribution in [-0.4, -0.2) is 20.2 Å². The second kappa shape index (κ2) is 5.63. The number of rotatable bonds is 3. The molecule has 0 aliphatic carbocycles. The lowest BCUT2D eigenvalue weighted by molar-refractivity contribution is 0.582. The highest BCUT2D eigenvalue weighted by Gasteiger charge is 2.15. The van der Waals surface area contributed by atoms with E-state index < -0.39 is 0 Å². The average Bonchev–Trinajstić information content (AvgIpc) is 2.97. The van der Waals surface area contributed by atoms with Crippen molar-refractivity contribution in [3.8, 4) is 22.9 Å². The fourth-order valence-electron chi connectivity index (χ4n) is 2.01. The second-order valence-corrected chi connectivity index (χ2v) is 5.30. The average molecular weight is 298 g/mol. The molecule has 0 saturated carbocycles. The van der Waals surface area contributed by atoms with E-state index in [9.17, 15) is 4.39 Å². The molecule has 0 radical (unpaired) electrons. The van der Waals surface area contributed by atoms with Crippen molar-refractivity contribution in [3.05, 3.63) is 47.8 Å². The van der Waals surface area contributed by atoms with Crippen molar-refractivity contribution in [3.63, 3.8) is 0 Å². The summed E-state index contributed by atoms with van der Waals surface area (Å²) in [4.78, 5) is 8.77. The summed E-state index contributed by atoms with van der Waals surface area (Å²) in [6.07, 6.45) is 1.69. The Balaban J connectivity index is 1.95. The van der Waals surface area contributed by atoms with Crippen LogP contribution in [0.3, 0.4) is 0 Å². The van der Waals surface area contributed by atoms with Crippen LogP contribution < -0.4 is 0 Å². The minimum Gasteiger partial charge on any atom is -0.416 e. The molecule has 3 rings (SSSR count). The van der Waals surface area contributed by atoms with Crippen LogP contribution in [0.4, 0.5) is 4.39 Å². The third kappa shape index (κ3) is 2.72. The smallest absolute Gasteiger partial charge is 0.251 e. The zero-order valence-electron chi connectivity index (χ0n) is 12.5. The maximum absolute atomic E-state index is 12.9. The molecule has 6 heteroatoms. The molecule has 2 heterocycles. The Morgan fingerprint density at radius 3 is 2.36 bits per heavy atom. The van der Waals surface area contributed by atoms with Crippen LogP contribution in [-0.2, 0) is 0 Å². The summed E-state index contributed by atoms with van der Waals surface area (Å²) >= 11 is 0. The molecule has 112 valence electrons. The molecule has 0 atom stereocenters. The monoisotopic (exact) mass is 298 g/mol. The minimum atomic E-state index is -0.308. The molecule has 0 aliphatic rings. The van der Waals surface area contributed by atoms with Gasteiger partial charge in [0.1, 0.15) is 11.6 Å². The van der Waals surface area contributed by atoms with E-state index in [1.54, 1.807) is 18.3 Å². The number of benzene rings is 1. The number of hydrogen-bond acceptors (Lipinski definition) is 5. The van der Waals surface area contributed by atoms with Crippen LogP contribution in [0.5, 0.6) is 0 Å². The van der Waals surface area contributed by atoms with Crippen molar-refractivity contribution in [2.75, 3.05) is 0 Å². The minimum absolute atomic E-state index is 0.255. The van der Waals surface area contributed by atoms with Crippen molar-refractivity contribution < 1.29 is 8.81 Å². The summed E-state index contributed by atoms with van der Waals surface area (Å²) in [6.45, 7) is 5.95. The van der Waals surface area contributed by atoms with Crippen molar-refractivity contribution in [2.24, 2.45) is 0 Å². The maximum atomic E-state index is 12.9. The predicted octanol–water partition coefficient (Wildman–Crippen LogP) is 3.76. The van der Waals surface area contributed by atoms with E-state index >= 15 is 0 Å². The summed E-state index contributed by atoms with van der Waals surface area (Å²) < 4.78 is 18.6. The summed E-state index contributed by atoms with van der Waals surface area (Å²) in [7, 11) is 0. The molecule has 5 nitrogen and oxygen atoms in total. The van der Waals surface area contributed by atoms with Crippen LogP contribution in [0.2, 0.25) is 0 Å². The Hall–Kier alpha value is -2.63. The standard InChI is InChI=1S/C16H15FN4O/c1-9(2)14-18-8-13(10(3)19-14)16-21-20-15(22-16)11-4-6-12(17)7-5-11/h4-9H,1-3H3. The topological polar surface area (TPSA) is 64.7 Å². The van der Waals surface area contributed by atoms with Crippen LogP contribution in [0.1, 0.15) is 31.3 Å². The molecule has 1 aromatic carbocycles. The van der Waals surface area contributed by atoms with Gasteiger partial charge in [0.15, 0.2) is 0 Å². The zero-order valence-corrected chi connectivity index (χ0v) is 12.5. The van der Waals surface area contributed by atoms with Gasteiger partial charge in [-0.15, -0.1) is 10.2 Å². The van der Waals surface area contributed by atoms with Gasteiger partial charge in [-0.05, 0) is 31.2 Å². The Morgan fingerprint density at radius 1 is 1.05 bits per heavy atom. The van der Waals surface area contributed by atoms with Gasteiger partial charge in [-0.1, -0.05) is 13.8 Å². The molecular formula is C16H15FN4O. The number of halogens is 1. The number of hydrogen-bond donors (Lipinski definition) is 0. The Labute approximate surface area is 127 Å². The molecule has 0 N–H and O–H groups in total. The largest absolute Gasteiger partial charge is 0.416 e. The number of aromatic nitrogens is 4. The molecule has 2 aromatic heterocycles. The van der Waals surface area contributed by atoms with Crippen molar-refractivity contribution in [1.29, 1.82) is 0 Å². The van der Waals surface area contributed by atoms with Crippen LogP contribution in [0, 0.1) is 12.7 Å². The van der Waals surface area contributed by atoms with Gasteiger partial charge >= 0.3 is 0 Å². The maximum Gasteiger partial charge on any atom is 0.251 e. The van der Waals surface area contributed by atoms with Gasteiger partial charge in [0.25, 0.3) is 5.89 Å². The van der Waals surface area contributed by atoms with Crippen molar-refractivity contribution in [1.82, 2.24) is 20.2 Å². The van der Waals surface area contributed by atoms with Gasteiger partial charge in [0.2, 0.25) is 5.89 Å². The third-order valence-electron chi connectivity index (χ3n) is 3.26. The second-order valence-electron chi connectivity index (χ2n) is 5.30. The van der Waals surface area contributed by atoms with E-state index in [-0.39, 0.29) is 11.7 Å². The fraction of sp³-hybridized carbons (Fsp3) is 0.250. The van der Waals surface area contributed by atoms with Gasteiger partial charge in [-0.2, -0.15) is 0 Å². The first kappa shape index (κ1) is 14.3. The van der Waals surface area contributed by atoms with E-state index in [1.165, 1.54) is 12.1 Å². The quantitative estimate of drug-likeness (QED) is 0.736. The fourth-order valence-corrected chi connectivity index (χ4v) is 2.01. The normalized spacial score (nSPS) is 11.1. The lowest BCUT2D eigenvalue weighted by Gasteiger charge is -2.06. The van der Waals surface area contributed by atoms with Crippen molar-refractivity contribution in [2.45, 2.75) is 26.7 Å². The van der Waals surface area contributed by atoms with Crippen LogP contribution in [0.25, 0.3) is 22.9 Å². The number of aryl methyl sites for hydroxylation is 1. The van der Waals surface area contributed by atoms with Gasteiger partial charge in [0, 0.05) is 17.7 Å². The zero-order chi connectivity index (χ0) is 15.7. The summed E-state index contributed by atoms with van der Waals surface area (Å²) in [5.74, 6) is 1.41. The first-order valence-corrected chi connectivity index (χ1v) is 6.98. The lowest BCUT2D eigenvalue weighted by Crippen LogP contribution is -2.00. The highest BCUT2D eigenvalue weighted by Crippen LogP contribution is 2.25. The van der Waals surface area contributed by atoms with Gasteiger partial charge in [-0.3, -0.25) is 0 Å². The number of nitrogens with zero attached hydrogens (tertiary/aromatic N) is 4. The molecule has 0 amide bonds. The summed E-state index contributed by atoms with van der Waals surface area (Å²) in [6, 6.07) is 5.89. The predicted molar refractivity (Wildman–Crippen MR) is 79.5 cm³/mol. The molecule has 3 aromatic rings. The first-order valence-electron chi connectivity index (χ1n) is 6.98. The van der Waals surface area contributed by atoms with E-state index in [4.69, 9.17) is 4.42 Å². The third-order valence-corrected chi connectivity index (χ3v) is 3.26. The lowest BCUT2D eigenvalue weighted by atomic mass is 10.2. The van der Waals surface area contributed by atoms with E-state index in [1.807, 2.05) is 20.8 Å². The Bertz CT molecular complexity index is 796. The molecule has 0 spiro atoms. The summed E-state index contributed by atoms with van der Waals surface area (Å²) in [5, 5.41) is 8.03. The van der Waals surface area contributed by atoms with Crippen LogP contribution >= 0.6 is 0 Å². The van der Waals surface area contributed by atoms with Gasteiger partial charge < -0.3 is 4.42 Å². The van der Waals surface area contributed by atoms with E-state index in [0.29, 0.717) is 22.9 Å². The van der Waals surface area contributed by atoms with Gasteiger partial charge in [0.05, 0.1) is 11.3 Å². The molecule has 0 unspecified atom stereocenters. The Morgan fingerprint density at radius 2 is 1.73 bits per heavy atom. The molecule has 0 bridgehead atoms. The Kier molecular flexibility index (Phi) is 3.66. The highest BCUT2D eigenvalue weighted by atomic mass is 19.1. The van der Waals surface area contributed by atoms with Crippen LogP contribution in [0.15, 0.2) is 34.9 Å². The highest BCUT2D eigenvalue weighted by molar-refractivity contribution is 5.58.